The quantitative estimate of drug-likeness (QED) is 0.714. The fourth-order valence-corrected chi connectivity index (χ4v) is 3.53. The molecule has 1 aliphatic rings. The van der Waals surface area contributed by atoms with Gasteiger partial charge in [-0.25, -0.2) is 0 Å². The van der Waals surface area contributed by atoms with Gasteiger partial charge in [0.15, 0.2) is 11.5 Å². The lowest BCUT2D eigenvalue weighted by Crippen LogP contribution is -2.30. The molecule has 28 heavy (non-hydrogen) atoms. The van der Waals surface area contributed by atoms with Crippen LogP contribution in [-0.2, 0) is 12.8 Å². The second kappa shape index (κ2) is 8.92. The van der Waals surface area contributed by atoms with E-state index in [2.05, 4.69) is 20.1 Å². The van der Waals surface area contributed by atoms with Crippen LogP contribution in [0.2, 0.25) is 0 Å². The van der Waals surface area contributed by atoms with Gasteiger partial charge in [-0.3, -0.25) is 14.8 Å². The maximum Gasteiger partial charge on any atom is 0.264 e. The fourth-order valence-electron chi connectivity index (χ4n) is 3.53. The lowest BCUT2D eigenvalue weighted by atomic mass is 9.90. The predicted molar refractivity (Wildman–Crippen MR) is 94.0 cm³/mol. The van der Waals surface area contributed by atoms with Gasteiger partial charge in [0.2, 0.25) is 11.5 Å². The van der Waals surface area contributed by atoms with Crippen LogP contribution in [-0.4, -0.2) is 20.8 Å². The van der Waals surface area contributed by atoms with Gasteiger partial charge in [0.25, 0.3) is 5.75 Å². The highest BCUT2D eigenvalue weighted by atomic mass is 19.3. The zero-order valence-corrected chi connectivity index (χ0v) is 15.4. The van der Waals surface area contributed by atoms with Crippen LogP contribution >= 0.6 is 0 Å². The number of hydrogen-bond acceptors (Lipinski definition) is 6. The summed E-state index contributed by atoms with van der Waals surface area (Å²) in [6, 6.07) is 6.34. The molecule has 1 atom stereocenters. The molecule has 0 radical (unpaired) electrons. The van der Waals surface area contributed by atoms with Crippen LogP contribution in [0.1, 0.15) is 29.2 Å². The molecule has 2 aromatic carbocycles. The summed E-state index contributed by atoms with van der Waals surface area (Å²) < 4.78 is 48.8. The highest BCUT2D eigenvalue weighted by molar-refractivity contribution is 5.55. The summed E-state index contributed by atoms with van der Waals surface area (Å²) >= 11 is 0. The summed E-state index contributed by atoms with van der Waals surface area (Å²) in [5, 5.41) is 3.40. The van der Waals surface area contributed by atoms with E-state index in [0.29, 0.717) is 29.9 Å². The van der Waals surface area contributed by atoms with Crippen LogP contribution in [0.15, 0.2) is 24.3 Å². The fraction of sp³-hybridized carbons (Fsp3) is 0.368. The van der Waals surface area contributed by atoms with Crippen molar-refractivity contribution in [3.8, 4) is 28.7 Å². The Balaban J connectivity index is 1.85. The Morgan fingerprint density at radius 3 is 2.29 bits per heavy atom. The maximum absolute atomic E-state index is 13.0. The Hall–Kier alpha value is -2.81. The van der Waals surface area contributed by atoms with Gasteiger partial charge in [-0.15, -0.1) is 0 Å². The van der Waals surface area contributed by atoms with Crippen molar-refractivity contribution in [1.29, 1.82) is 0 Å². The average Bonchev–Trinajstić information content (AvgIpc) is 2.75. The molecule has 0 aliphatic carbocycles. The zero-order chi connectivity index (χ0) is 20.1. The predicted octanol–water partition coefficient (Wildman–Crippen LogP) is 4.31. The van der Waals surface area contributed by atoms with E-state index in [1.807, 2.05) is 12.1 Å². The molecule has 0 amide bonds. The molecule has 0 spiro atoms. The third kappa shape index (κ3) is 3.75. The molecule has 0 fully saturated rings. The first-order valence-corrected chi connectivity index (χ1v) is 8.66. The van der Waals surface area contributed by atoms with E-state index in [1.54, 1.807) is 14.2 Å². The number of nitrogens with one attached hydrogen (secondary N) is 1. The van der Waals surface area contributed by atoms with Gasteiger partial charge in [-0.05, 0) is 55.1 Å². The van der Waals surface area contributed by atoms with Gasteiger partial charge < -0.3 is 14.8 Å². The second-order valence-corrected chi connectivity index (χ2v) is 6.31. The Morgan fingerprint density at radius 1 is 0.929 bits per heavy atom. The topological polar surface area (TPSA) is 58.2 Å². The summed E-state index contributed by atoms with van der Waals surface area (Å²) in [5.41, 5.74) is 2.47. The molecule has 1 N–H and O–H groups in total. The van der Waals surface area contributed by atoms with E-state index in [1.165, 1.54) is 6.07 Å². The summed E-state index contributed by atoms with van der Waals surface area (Å²) in [6.07, 6.45) is 1.68. The van der Waals surface area contributed by atoms with Crippen molar-refractivity contribution in [2.75, 3.05) is 20.8 Å². The summed E-state index contributed by atoms with van der Waals surface area (Å²) in [5.74, 6) is -0.689. The second-order valence-electron chi connectivity index (χ2n) is 6.31. The van der Waals surface area contributed by atoms with E-state index in [-0.39, 0.29) is 6.04 Å². The van der Waals surface area contributed by atoms with Crippen LogP contribution in [0.25, 0.3) is 0 Å². The summed E-state index contributed by atoms with van der Waals surface area (Å²) in [6.45, 7) is 0.757. The van der Waals surface area contributed by atoms with Crippen LogP contribution < -0.4 is 29.6 Å². The minimum absolute atomic E-state index is 0.0529. The Bertz CT molecular complexity index is 834. The number of rotatable bonds is 8. The molecule has 0 bridgehead atoms. The smallest absolute Gasteiger partial charge is 0.264 e. The Morgan fingerprint density at radius 2 is 1.64 bits per heavy atom. The van der Waals surface area contributed by atoms with Gasteiger partial charge >= 0.3 is 0 Å². The van der Waals surface area contributed by atoms with E-state index < -0.39 is 17.2 Å². The first kappa shape index (κ1) is 19.9. The van der Waals surface area contributed by atoms with Gasteiger partial charge in [-0.2, -0.15) is 0 Å². The van der Waals surface area contributed by atoms with Crippen molar-refractivity contribution < 1.29 is 37.9 Å². The number of ether oxygens (including phenoxy) is 2. The summed E-state index contributed by atoms with van der Waals surface area (Å²) in [4.78, 5) is 10.7. The number of benzene rings is 2. The highest BCUT2D eigenvalue weighted by Gasteiger charge is 2.25. The molecule has 1 heterocycles. The third-order valence-electron chi connectivity index (χ3n) is 4.90. The maximum atomic E-state index is 13.0. The minimum Gasteiger partial charge on any atom is -0.493 e. The molecule has 0 aromatic heterocycles. The lowest BCUT2D eigenvalue weighted by Gasteiger charge is -2.28. The number of methoxy groups -OCH3 is 2. The van der Waals surface area contributed by atoms with Gasteiger partial charge in [0.05, 0.1) is 14.2 Å². The molecule has 9 heteroatoms. The highest BCUT2D eigenvalue weighted by Crippen LogP contribution is 2.42. The van der Waals surface area contributed by atoms with Crippen molar-refractivity contribution in [2.45, 2.75) is 25.3 Å². The molecule has 6 nitrogen and oxygen atoms in total. The van der Waals surface area contributed by atoms with E-state index in [0.717, 1.165) is 30.2 Å². The van der Waals surface area contributed by atoms with E-state index in [4.69, 9.17) is 9.47 Å². The van der Waals surface area contributed by atoms with Gasteiger partial charge in [-0.1, -0.05) is 6.07 Å². The third-order valence-corrected chi connectivity index (χ3v) is 4.90. The van der Waals surface area contributed by atoms with Gasteiger partial charge in [0.1, 0.15) is 0 Å². The molecule has 0 unspecified atom stereocenters. The van der Waals surface area contributed by atoms with Crippen LogP contribution in [0.5, 0.6) is 28.7 Å². The molecule has 2 aromatic rings. The molecule has 0 saturated carbocycles. The van der Waals surface area contributed by atoms with E-state index in [9.17, 15) is 13.6 Å². The van der Waals surface area contributed by atoms with Crippen molar-refractivity contribution in [2.24, 2.45) is 0 Å². The summed E-state index contributed by atoms with van der Waals surface area (Å²) in [7, 11) is 3.14. The number of aryl methyl sites for hydroxylation is 1. The molecular formula is C19H20F3NO5. The van der Waals surface area contributed by atoms with Gasteiger partial charge in [0, 0.05) is 25.2 Å². The van der Waals surface area contributed by atoms with Crippen LogP contribution in [0.4, 0.5) is 13.6 Å². The van der Waals surface area contributed by atoms with Crippen molar-refractivity contribution in [3.05, 3.63) is 41.0 Å². The standard InChI is InChI=1S/C19H20F3NO5/c1-24-16-9-12-7-8-23-14(13(12)10-17(16)25-2)5-3-11-4-6-15(26-20)19(28-22)18(11)27-21/h4,6,9-10,14,23H,3,5,7-8H2,1-2H3/t14-/m0/s1. The molecule has 152 valence electrons. The van der Waals surface area contributed by atoms with Crippen molar-refractivity contribution >= 4 is 0 Å². The Kier molecular flexibility index (Phi) is 6.35. The van der Waals surface area contributed by atoms with Crippen molar-refractivity contribution in [3.63, 3.8) is 0 Å². The SMILES string of the molecule is COc1cc2c(cc1OC)[C@H](CCc1ccc(OF)c(OF)c1OF)NCC2. The Labute approximate surface area is 159 Å². The lowest BCUT2D eigenvalue weighted by molar-refractivity contribution is -0.0562. The van der Waals surface area contributed by atoms with Crippen molar-refractivity contribution in [1.82, 2.24) is 5.32 Å². The monoisotopic (exact) mass is 399 g/mol. The normalized spacial score (nSPS) is 15.5. The number of hydrogen-bond donors (Lipinski definition) is 1. The number of halogens is 3. The molecule has 3 rings (SSSR count). The largest absolute Gasteiger partial charge is 0.493 e. The van der Waals surface area contributed by atoms with E-state index >= 15 is 0 Å². The molecule has 1 aliphatic heterocycles. The first-order valence-electron chi connectivity index (χ1n) is 8.66. The van der Waals surface area contributed by atoms with Crippen LogP contribution in [0, 0.1) is 0 Å². The molecular weight excluding hydrogens is 379 g/mol. The average molecular weight is 399 g/mol. The zero-order valence-electron chi connectivity index (χ0n) is 15.4. The molecule has 0 saturated heterocycles. The first-order chi connectivity index (χ1) is 13.7. The number of fused-ring (bicyclic) bond motifs is 1. The van der Waals surface area contributed by atoms with Crippen LogP contribution in [0.3, 0.4) is 0 Å². The minimum atomic E-state index is -0.786.